The van der Waals surface area contributed by atoms with E-state index in [2.05, 4.69) is 10.3 Å². The minimum atomic E-state index is -0.00890. The number of benzene rings is 1. The number of ether oxygens (including phenoxy) is 2. The molecule has 0 radical (unpaired) electrons. The number of hydrogen-bond donors (Lipinski definition) is 2. The molecule has 2 unspecified atom stereocenters. The van der Waals surface area contributed by atoms with Crippen LogP contribution in [0.25, 0.3) is 11.3 Å². The first-order chi connectivity index (χ1) is 12.2. The number of nitrogens with one attached hydrogen (secondary N) is 1. The normalized spacial score (nSPS) is 22.4. The molecule has 2 heterocycles. The molecule has 132 valence electrons. The topological polar surface area (TPSA) is 86.5 Å². The maximum absolute atomic E-state index is 12.4. The summed E-state index contributed by atoms with van der Waals surface area (Å²) in [6.45, 7) is 1.13. The van der Waals surface area contributed by atoms with Crippen molar-refractivity contribution in [3.8, 4) is 22.8 Å². The monoisotopic (exact) mass is 359 g/mol. The van der Waals surface area contributed by atoms with E-state index in [0.717, 1.165) is 48.4 Å². The third kappa shape index (κ3) is 3.62. The number of hydrogen-bond acceptors (Lipinski definition) is 6. The van der Waals surface area contributed by atoms with E-state index in [-0.39, 0.29) is 17.9 Å². The van der Waals surface area contributed by atoms with Gasteiger partial charge in [-0.2, -0.15) is 0 Å². The lowest BCUT2D eigenvalue weighted by Gasteiger charge is -2.25. The fourth-order valence-electron chi connectivity index (χ4n) is 3.34. The molecular formula is C18H21N3O3S. The van der Waals surface area contributed by atoms with E-state index in [9.17, 15) is 4.79 Å². The summed E-state index contributed by atoms with van der Waals surface area (Å²) in [5.41, 5.74) is 7.74. The summed E-state index contributed by atoms with van der Waals surface area (Å²) < 4.78 is 11.2. The molecule has 2 aliphatic rings. The summed E-state index contributed by atoms with van der Waals surface area (Å²) in [4.78, 5) is 17.0. The number of nitrogens with two attached hydrogens (primary N) is 1. The molecule has 0 saturated heterocycles. The summed E-state index contributed by atoms with van der Waals surface area (Å²) in [5, 5.41) is 5.50. The zero-order valence-electron chi connectivity index (χ0n) is 13.9. The number of anilines is 1. The number of fused-ring (bicyclic) bond motifs is 1. The van der Waals surface area contributed by atoms with Gasteiger partial charge >= 0.3 is 0 Å². The van der Waals surface area contributed by atoms with Crippen LogP contribution in [0.1, 0.15) is 25.7 Å². The standard InChI is InChI=1S/C18H21N3O3S/c19-13-3-1-2-12(8-13)17(22)21-18-20-14(10-25-18)11-4-5-15-16(9-11)24-7-6-23-15/h4-5,9-10,12-13H,1-3,6-8,19H2,(H,20,21,22). The van der Waals surface area contributed by atoms with E-state index in [1.807, 2.05) is 23.6 Å². The van der Waals surface area contributed by atoms with Gasteiger partial charge in [0.15, 0.2) is 16.6 Å². The molecule has 4 rings (SSSR count). The van der Waals surface area contributed by atoms with Crippen molar-refractivity contribution in [3.63, 3.8) is 0 Å². The van der Waals surface area contributed by atoms with E-state index in [1.54, 1.807) is 0 Å². The number of aromatic nitrogens is 1. The van der Waals surface area contributed by atoms with Crippen LogP contribution in [0.3, 0.4) is 0 Å². The Morgan fingerprint density at radius 1 is 1.24 bits per heavy atom. The Hall–Kier alpha value is -2.12. The van der Waals surface area contributed by atoms with Crippen LogP contribution < -0.4 is 20.5 Å². The van der Waals surface area contributed by atoms with Crippen LogP contribution >= 0.6 is 11.3 Å². The molecule has 6 nitrogen and oxygen atoms in total. The molecule has 25 heavy (non-hydrogen) atoms. The van der Waals surface area contributed by atoms with Crippen molar-refractivity contribution in [1.29, 1.82) is 0 Å². The highest BCUT2D eigenvalue weighted by atomic mass is 32.1. The molecule has 2 aromatic rings. The van der Waals surface area contributed by atoms with Gasteiger partial charge in [0.1, 0.15) is 13.2 Å². The maximum Gasteiger partial charge on any atom is 0.229 e. The summed E-state index contributed by atoms with van der Waals surface area (Å²) in [5.74, 6) is 1.51. The van der Waals surface area contributed by atoms with Gasteiger partial charge in [-0.15, -0.1) is 11.3 Å². The molecule has 0 bridgehead atoms. The minimum absolute atomic E-state index is 0.00890. The van der Waals surface area contributed by atoms with Crippen molar-refractivity contribution in [2.75, 3.05) is 18.5 Å². The summed E-state index contributed by atoms with van der Waals surface area (Å²) in [7, 11) is 0. The van der Waals surface area contributed by atoms with Crippen molar-refractivity contribution in [2.45, 2.75) is 31.7 Å². The Morgan fingerprint density at radius 2 is 2.08 bits per heavy atom. The Balaban J connectivity index is 1.46. The highest BCUT2D eigenvalue weighted by Crippen LogP contribution is 2.35. The lowest BCUT2D eigenvalue weighted by atomic mass is 9.86. The van der Waals surface area contributed by atoms with Gasteiger partial charge in [0, 0.05) is 22.9 Å². The fraction of sp³-hybridized carbons (Fsp3) is 0.444. The summed E-state index contributed by atoms with van der Waals surface area (Å²) >= 11 is 1.43. The molecule has 7 heteroatoms. The van der Waals surface area contributed by atoms with Crippen LogP contribution in [-0.2, 0) is 4.79 Å². The molecule has 1 saturated carbocycles. The molecular weight excluding hydrogens is 338 g/mol. The Kier molecular flexibility index (Phi) is 4.59. The second-order valence-corrected chi connectivity index (χ2v) is 7.37. The average molecular weight is 359 g/mol. The second kappa shape index (κ2) is 7.01. The van der Waals surface area contributed by atoms with Gasteiger partial charge in [-0.1, -0.05) is 6.42 Å². The number of carbonyl (C=O) groups excluding carboxylic acids is 1. The lowest BCUT2D eigenvalue weighted by molar-refractivity contribution is -0.120. The van der Waals surface area contributed by atoms with E-state index in [4.69, 9.17) is 15.2 Å². The zero-order chi connectivity index (χ0) is 17.2. The molecule has 1 aromatic heterocycles. The lowest BCUT2D eigenvalue weighted by Crippen LogP contribution is -2.34. The van der Waals surface area contributed by atoms with E-state index >= 15 is 0 Å². The van der Waals surface area contributed by atoms with Crippen LogP contribution in [0, 0.1) is 5.92 Å². The van der Waals surface area contributed by atoms with Crippen LogP contribution in [0.15, 0.2) is 23.6 Å². The maximum atomic E-state index is 12.4. The highest BCUT2D eigenvalue weighted by molar-refractivity contribution is 7.14. The number of amides is 1. The third-order valence-corrected chi connectivity index (χ3v) is 5.42. The highest BCUT2D eigenvalue weighted by Gasteiger charge is 2.26. The number of rotatable bonds is 3. The zero-order valence-corrected chi connectivity index (χ0v) is 14.7. The van der Waals surface area contributed by atoms with Crippen molar-refractivity contribution in [1.82, 2.24) is 4.98 Å². The first-order valence-electron chi connectivity index (χ1n) is 8.61. The minimum Gasteiger partial charge on any atom is -0.486 e. The Morgan fingerprint density at radius 3 is 2.92 bits per heavy atom. The fourth-order valence-corrected chi connectivity index (χ4v) is 4.06. The van der Waals surface area contributed by atoms with Gasteiger partial charge in [0.05, 0.1) is 5.69 Å². The van der Waals surface area contributed by atoms with Gasteiger partial charge in [0.25, 0.3) is 0 Å². The first kappa shape index (κ1) is 16.4. The van der Waals surface area contributed by atoms with E-state index in [1.165, 1.54) is 11.3 Å². The number of thiazole rings is 1. The summed E-state index contributed by atoms with van der Waals surface area (Å²) in [6.07, 6.45) is 3.68. The number of carbonyl (C=O) groups is 1. The molecule has 0 spiro atoms. The van der Waals surface area contributed by atoms with Crippen LogP contribution in [0.5, 0.6) is 11.5 Å². The van der Waals surface area contributed by atoms with Crippen LogP contribution in [0.4, 0.5) is 5.13 Å². The molecule has 1 aliphatic carbocycles. The van der Waals surface area contributed by atoms with Crippen molar-refractivity contribution in [2.24, 2.45) is 11.7 Å². The predicted molar refractivity (Wildman–Crippen MR) is 97.1 cm³/mol. The average Bonchev–Trinajstić information content (AvgIpc) is 3.10. The van der Waals surface area contributed by atoms with Gasteiger partial charge in [-0.3, -0.25) is 4.79 Å². The molecule has 1 fully saturated rings. The smallest absolute Gasteiger partial charge is 0.229 e. The van der Waals surface area contributed by atoms with Gasteiger partial charge in [-0.25, -0.2) is 4.98 Å². The molecule has 1 aromatic carbocycles. The molecule has 1 aliphatic heterocycles. The Labute approximate surface area is 150 Å². The van der Waals surface area contributed by atoms with Gasteiger partial charge in [0.2, 0.25) is 5.91 Å². The van der Waals surface area contributed by atoms with Gasteiger partial charge in [-0.05, 0) is 37.5 Å². The second-order valence-electron chi connectivity index (χ2n) is 6.51. The largest absolute Gasteiger partial charge is 0.486 e. The van der Waals surface area contributed by atoms with Crippen molar-refractivity contribution < 1.29 is 14.3 Å². The van der Waals surface area contributed by atoms with E-state index in [0.29, 0.717) is 18.3 Å². The predicted octanol–water partition coefficient (Wildman–Crippen LogP) is 3.04. The van der Waals surface area contributed by atoms with Crippen molar-refractivity contribution in [3.05, 3.63) is 23.6 Å². The SMILES string of the molecule is NC1CCCC(C(=O)Nc2nc(-c3ccc4c(c3)OCCO4)cs2)C1. The van der Waals surface area contributed by atoms with Crippen LogP contribution in [0.2, 0.25) is 0 Å². The Bertz CT molecular complexity index is 777. The van der Waals surface area contributed by atoms with Crippen molar-refractivity contribution >= 4 is 22.4 Å². The van der Waals surface area contributed by atoms with Crippen LogP contribution in [-0.4, -0.2) is 30.1 Å². The van der Waals surface area contributed by atoms with Gasteiger partial charge < -0.3 is 20.5 Å². The third-order valence-electron chi connectivity index (χ3n) is 4.66. The molecule has 2 atom stereocenters. The molecule has 3 N–H and O–H groups in total. The number of nitrogens with zero attached hydrogens (tertiary/aromatic N) is 1. The quantitative estimate of drug-likeness (QED) is 0.880. The van der Waals surface area contributed by atoms with E-state index < -0.39 is 0 Å². The first-order valence-corrected chi connectivity index (χ1v) is 9.49. The summed E-state index contributed by atoms with van der Waals surface area (Å²) in [6, 6.07) is 5.91. The molecule has 1 amide bonds.